The molecule has 0 N–H and O–H groups in total. The molecule has 2 aromatic rings. The summed E-state index contributed by atoms with van der Waals surface area (Å²) in [5, 5.41) is 5.20. The van der Waals surface area contributed by atoms with Crippen molar-refractivity contribution in [2.75, 3.05) is 18.1 Å². The predicted molar refractivity (Wildman–Crippen MR) is 104 cm³/mol. The van der Waals surface area contributed by atoms with Crippen molar-refractivity contribution in [3.05, 3.63) is 23.5 Å². The maximum Gasteiger partial charge on any atom is 0.254 e. The van der Waals surface area contributed by atoms with Gasteiger partial charge in [-0.1, -0.05) is 0 Å². The van der Waals surface area contributed by atoms with Crippen LogP contribution < -0.4 is 0 Å². The molecule has 2 fully saturated rings. The number of hydrogen-bond donors (Lipinski definition) is 0. The molecule has 1 aliphatic carbocycles. The number of nitrogens with zero attached hydrogens (tertiary/aromatic N) is 4. The number of amides is 1. The van der Waals surface area contributed by atoms with E-state index in [0.29, 0.717) is 24.4 Å². The molecule has 1 unspecified atom stereocenters. The third-order valence-corrected chi connectivity index (χ3v) is 7.30. The van der Waals surface area contributed by atoms with Gasteiger partial charge in [0.1, 0.15) is 0 Å². The summed E-state index contributed by atoms with van der Waals surface area (Å²) in [6.45, 7) is 6.47. The quantitative estimate of drug-likeness (QED) is 0.783. The number of pyridine rings is 1. The Kier molecular flexibility index (Phi) is 4.49. The summed E-state index contributed by atoms with van der Waals surface area (Å²) < 4.78 is 25.7. The second-order valence-corrected chi connectivity index (χ2v) is 10.2. The molecule has 0 radical (unpaired) electrons. The van der Waals surface area contributed by atoms with E-state index in [4.69, 9.17) is 4.98 Å². The molecule has 0 aromatic carbocycles. The lowest BCUT2D eigenvalue weighted by Crippen LogP contribution is -2.41. The van der Waals surface area contributed by atoms with Crippen LogP contribution in [-0.4, -0.2) is 58.1 Å². The van der Waals surface area contributed by atoms with Crippen LogP contribution in [0.5, 0.6) is 0 Å². The molecule has 1 saturated heterocycles. The van der Waals surface area contributed by atoms with Crippen molar-refractivity contribution < 1.29 is 13.2 Å². The summed E-state index contributed by atoms with van der Waals surface area (Å²) in [7, 11) is -3.05. The minimum absolute atomic E-state index is 0.0571. The first-order valence-electron chi connectivity index (χ1n) is 9.70. The Morgan fingerprint density at radius 1 is 1.33 bits per heavy atom. The molecule has 1 atom stereocenters. The van der Waals surface area contributed by atoms with Crippen molar-refractivity contribution in [2.45, 2.75) is 58.0 Å². The van der Waals surface area contributed by atoms with E-state index in [2.05, 4.69) is 5.10 Å². The Balaban J connectivity index is 1.78. The number of carbonyl (C=O) groups is 1. The number of aromatic nitrogens is 3. The van der Waals surface area contributed by atoms with Crippen molar-refractivity contribution in [2.24, 2.45) is 0 Å². The van der Waals surface area contributed by atoms with Gasteiger partial charge in [-0.25, -0.2) is 18.1 Å². The highest BCUT2D eigenvalue weighted by molar-refractivity contribution is 7.91. The minimum atomic E-state index is -3.05. The molecular weight excluding hydrogens is 364 g/mol. The number of fused-ring (bicyclic) bond motifs is 1. The standard InChI is InChI=1S/C19H26N4O3S/c1-4-22(14-7-8-27(25,26)11-14)19(24)15-9-17(13-5-6-13)21-18-16(15)10-20-23(18)12(2)3/h9-10,12-14H,4-8,11H2,1-3H3. The maximum atomic E-state index is 13.4. The van der Waals surface area contributed by atoms with E-state index in [1.54, 1.807) is 11.1 Å². The molecule has 1 saturated carbocycles. The first-order chi connectivity index (χ1) is 12.8. The average Bonchev–Trinajstić information content (AvgIpc) is 3.28. The molecule has 3 heterocycles. The van der Waals surface area contributed by atoms with Gasteiger partial charge in [-0.05, 0) is 46.1 Å². The van der Waals surface area contributed by atoms with Gasteiger partial charge in [-0.15, -0.1) is 0 Å². The van der Waals surface area contributed by atoms with Crippen LogP contribution in [0.2, 0.25) is 0 Å². The zero-order chi connectivity index (χ0) is 19.3. The van der Waals surface area contributed by atoms with Crippen LogP contribution in [-0.2, 0) is 9.84 Å². The van der Waals surface area contributed by atoms with E-state index in [0.717, 1.165) is 29.6 Å². The van der Waals surface area contributed by atoms with E-state index in [-0.39, 0.29) is 29.5 Å². The highest BCUT2D eigenvalue weighted by Crippen LogP contribution is 2.40. The van der Waals surface area contributed by atoms with Crippen LogP contribution in [0.25, 0.3) is 11.0 Å². The highest BCUT2D eigenvalue weighted by atomic mass is 32.2. The molecular formula is C19H26N4O3S. The molecule has 0 bridgehead atoms. The topological polar surface area (TPSA) is 85.2 Å². The molecule has 1 amide bonds. The van der Waals surface area contributed by atoms with Gasteiger partial charge in [-0.3, -0.25) is 4.79 Å². The van der Waals surface area contributed by atoms with Crippen molar-refractivity contribution in [3.8, 4) is 0 Å². The molecule has 1 aliphatic heterocycles. The summed E-state index contributed by atoms with van der Waals surface area (Å²) in [6, 6.07) is 1.80. The summed E-state index contributed by atoms with van der Waals surface area (Å²) in [4.78, 5) is 19.9. The molecule has 27 heavy (non-hydrogen) atoms. The number of rotatable bonds is 5. The molecule has 8 heteroatoms. The van der Waals surface area contributed by atoms with Gasteiger partial charge < -0.3 is 4.90 Å². The highest BCUT2D eigenvalue weighted by Gasteiger charge is 2.36. The average molecular weight is 391 g/mol. The molecule has 4 rings (SSSR count). The van der Waals surface area contributed by atoms with E-state index >= 15 is 0 Å². The number of sulfone groups is 1. The Labute approximate surface area is 159 Å². The van der Waals surface area contributed by atoms with Crippen molar-refractivity contribution in [1.29, 1.82) is 0 Å². The first-order valence-corrected chi connectivity index (χ1v) is 11.5. The predicted octanol–water partition coefficient (Wildman–Crippen LogP) is 2.54. The fourth-order valence-electron chi connectivity index (χ4n) is 3.92. The van der Waals surface area contributed by atoms with Crippen LogP contribution in [0.3, 0.4) is 0 Å². The van der Waals surface area contributed by atoms with Gasteiger partial charge in [0.25, 0.3) is 5.91 Å². The summed E-state index contributed by atoms with van der Waals surface area (Å²) >= 11 is 0. The van der Waals surface area contributed by atoms with Crippen LogP contribution in [0.1, 0.15) is 68.0 Å². The number of carbonyl (C=O) groups excluding carboxylic acids is 1. The Hall–Kier alpha value is -1.96. The van der Waals surface area contributed by atoms with Crippen LogP contribution in [0.15, 0.2) is 12.3 Å². The smallest absolute Gasteiger partial charge is 0.254 e. The summed E-state index contributed by atoms with van der Waals surface area (Å²) in [6.07, 6.45) is 4.42. The molecule has 146 valence electrons. The SMILES string of the molecule is CCN(C(=O)c1cc(C2CC2)nc2c1cnn2C(C)C)C1CCS(=O)(=O)C1. The Bertz CT molecular complexity index is 992. The minimum Gasteiger partial charge on any atom is -0.335 e. The Morgan fingerprint density at radius 2 is 2.07 bits per heavy atom. The summed E-state index contributed by atoms with van der Waals surface area (Å²) in [5.74, 6) is 0.517. The monoisotopic (exact) mass is 390 g/mol. The molecule has 2 aromatic heterocycles. The second kappa shape index (κ2) is 6.58. The third-order valence-electron chi connectivity index (χ3n) is 5.55. The lowest BCUT2D eigenvalue weighted by molar-refractivity contribution is 0.0710. The normalized spacial score (nSPS) is 21.9. The molecule has 2 aliphatic rings. The van der Waals surface area contributed by atoms with Crippen molar-refractivity contribution in [1.82, 2.24) is 19.7 Å². The van der Waals surface area contributed by atoms with Gasteiger partial charge in [0.2, 0.25) is 0 Å². The molecule has 7 nitrogen and oxygen atoms in total. The lowest BCUT2D eigenvalue weighted by atomic mass is 10.1. The Morgan fingerprint density at radius 3 is 2.63 bits per heavy atom. The van der Waals surface area contributed by atoms with Gasteiger partial charge >= 0.3 is 0 Å². The van der Waals surface area contributed by atoms with Gasteiger partial charge in [-0.2, -0.15) is 5.10 Å². The van der Waals surface area contributed by atoms with E-state index < -0.39 is 9.84 Å². The lowest BCUT2D eigenvalue weighted by Gasteiger charge is -2.27. The summed E-state index contributed by atoms with van der Waals surface area (Å²) in [5.41, 5.74) is 2.29. The largest absolute Gasteiger partial charge is 0.335 e. The van der Waals surface area contributed by atoms with E-state index in [1.165, 1.54) is 0 Å². The van der Waals surface area contributed by atoms with Gasteiger partial charge in [0, 0.05) is 30.2 Å². The second-order valence-electron chi connectivity index (χ2n) is 7.94. The first kappa shape index (κ1) is 18.4. The zero-order valence-electron chi connectivity index (χ0n) is 16.1. The van der Waals surface area contributed by atoms with Crippen molar-refractivity contribution in [3.63, 3.8) is 0 Å². The van der Waals surface area contributed by atoms with E-state index in [9.17, 15) is 13.2 Å². The van der Waals surface area contributed by atoms with Gasteiger partial charge in [0.05, 0.1) is 28.7 Å². The van der Waals surface area contributed by atoms with E-state index in [1.807, 2.05) is 31.5 Å². The van der Waals surface area contributed by atoms with Crippen LogP contribution in [0, 0.1) is 0 Å². The van der Waals surface area contributed by atoms with Crippen LogP contribution in [0.4, 0.5) is 0 Å². The van der Waals surface area contributed by atoms with Crippen molar-refractivity contribution >= 4 is 26.8 Å². The zero-order valence-corrected chi connectivity index (χ0v) is 16.9. The van der Waals surface area contributed by atoms with Gasteiger partial charge in [0.15, 0.2) is 15.5 Å². The fraction of sp³-hybridized carbons (Fsp3) is 0.632. The van der Waals surface area contributed by atoms with Crippen LogP contribution >= 0.6 is 0 Å². The molecule has 0 spiro atoms. The third kappa shape index (κ3) is 3.35. The fourth-order valence-corrected chi connectivity index (χ4v) is 5.65. The maximum absolute atomic E-state index is 13.4. The number of hydrogen-bond acceptors (Lipinski definition) is 5.